The largest absolute Gasteiger partial charge is 0.198 e. The van der Waals surface area contributed by atoms with Crippen LogP contribution in [0.4, 0.5) is 0 Å². The molecule has 0 amide bonds. The van der Waals surface area contributed by atoms with Crippen LogP contribution in [0.25, 0.3) is 0 Å². The average Bonchev–Trinajstić information content (AvgIpc) is 2.50. The molecule has 0 aromatic carbocycles. The lowest BCUT2D eigenvalue weighted by molar-refractivity contribution is 0.785. The van der Waals surface area contributed by atoms with E-state index in [1.807, 2.05) is 0 Å². The van der Waals surface area contributed by atoms with E-state index in [4.69, 9.17) is 5.26 Å². The zero-order chi connectivity index (χ0) is 6.04. The van der Waals surface area contributed by atoms with Gasteiger partial charge in [0.15, 0.2) is 0 Å². The Morgan fingerprint density at radius 1 is 1.75 bits per heavy atom. The van der Waals surface area contributed by atoms with E-state index in [-0.39, 0.29) is 5.41 Å². The van der Waals surface area contributed by atoms with Gasteiger partial charge in [-0.1, -0.05) is 10.8 Å². The molecule has 1 fully saturated rings. The SMILES string of the molecule is N#CC1(CSS)CC1. The number of thiol groups is 1. The summed E-state index contributed by atoms with van der Waals surface area (Å²) in [6, 6.07) is 2.28. The summed E-state index contributed by atoms with van der Waals surface area (Å²) >= 11 is 3.97. The highest BCUT2D eigenvalue weighted by molar-refractivity contribution is 8.68. The Morgan fingerprint density at radius 2 is 2.38 bits per heavy atom. The third-order valence-electron chi connectivity index (χ3n) is 1.43. The van der Waals surface area contributed by atoms with Gasteiger partial charge >= 0.3 is 0 Å². The maximum atomic E-state index is 8.49. The van der Waals surface area contributed by atoms with E-state index in [1.54, 1.807) is 0 Å². The van der Waals surface area contributed by atoms with Crippen molar-refractivity contribution >= 4 is 22.5 Å². The van der Waals surface area contributed by atoms with Crippen LogP contribution in [-0.4, -0.2) is 5.75 Å². The fourth-order valence-electron chi connectivity index (χ4n) is 0.563. The Hall–Kier alpha value is 0.190. The summed E-state index contributed by atoms with van der Waals surface area (Å²) in [5.74, 6) is 0.895. The van der Waals surface area contributed by atoms with Gasteiger partial charge < -0.3 is 0 Å². The summed E-state index contributed by atoms with van der Waals surface area (Å²) < 4.78 is 0. The van der Waals surface area contributed by atoms with Crippen LogP contribution in [0.5, 0.6) is 0 Å². The number of nitriles is 1. The molecule has 1 nitrogen and oxygen atoms in total. The van der Waals surface area contributed by atoms with Crippen molar-refractivity contribution in [1.29, 1.82) is 5.26 Å². The molecule has 0 bridgehead atoms. The first-order chi connectivity index (χ1) is 3.83. The van der Waals surface area contributed by atoms with E-state index >= 15 is 0 Å². The summed E-state index contributed by atoms with van der Waals surface area (Å²) in [6.45, 7) is 0. The average molecular weight is 145 g/mol. The number of hydrogen-bond donors (Lipinski definition) is 1. The smallest absolute Gasteiger partial charge is 0.0698 e. The van der Waals surface area contributed by atoms with Crippen LogP contribution in [0.2, 0.25) is 0 Å². The molecule has 1 aliphatic rings. The van der Waals surface area contributed by atoms with Crippen molar-refractivity contribution in [3.8, 4) is 6.07 Å². The fourth-order valence-corrected chi connectivity index (χ4v) is 1.90. The van der Waals surface area contributed by atoms with Crippen LogP contribution in [0.15, 0.2) is 0 Å². The van der Waals surface area contributed by atoms with E-state index in [0.717, 1.165) is 18.6 Å². The van der Waals surface area contributed by atoms with Crippen LogP contribution in [0.3, 0.4) is 0 Å². The van der Waals surface area contributed by atoms with Gasteiger partial charge in [-0.15, -0.1) is 11.7 Å². The lowest BCUT2D eigenvalue weighted by atomic mass is 10.2. The zero-order valence-electron chi connectivity index (χ0n) is 4.42. The molecule has 0 unspecified atom stereocenters. The van der Waals surface area contributed by atoms with Crippen LogP contribution in [0.1, 0.15) is 12.8 Å². The molecule has 0 atom stereocenters. The Balaban J connectivity index is 2.33. The molecule has 0 aliphatic heterocycles. The van der Waals surface area contributed by atoms with Gasteiger partial charge in [0.25, 0.3) is 0 Å². The minimum absolute atomic E-state index is 0.0341. The molecular weight excluding hydrogens is 138 g/mol. The molecule has 44 valence electrons. The first-order valence-corrected chi connectivity index (χ1v) is 4.54. The highest BCUT2D eigenvalue weighted by Gasteiger charge is 2.42. The van der Waals surface area contributed by atoms with Crippen LogP contribution in [0, 0.1) is 16.7 Å². The lowest BCUT2D eigenvalue weighted by Crippen LogP contribution is -1.96. The van der Waals surface area contributed by atoms with Crippen molar-refractivity contribution in [3.63, 3.8) is 0 Å². The van der Waals surface area contributed by atoms with Gasteiger partial charge in [-0.2, -0.15) is 5.26 Å². The maximum absolute atomic E-state index is 8.49. The third kappa shape index (κ3) is 1.12. The van der Waals surface area contributed by atoms with Crippen molar-refractivity contribution in [2.75, 3.05) is 5.75 Å². The second-order valence-corrected chi connectivity index (χ2v) is 3.49. The molecule has 1 rings (SSSR count). The van der Waals surface area contributed by atoms with Gasteiger partial charge in [0.1, 0.15) is 0 Å². The predicted octanol–water partition coefficient (Wildman–Crippen LogP) is 1.87. The molecule has 0 aromatic rings. The summed E-state index contributed by atoms with van der Waals surface area (Å²) in [7, 11) is 1.47. The highest BCUT2D eigenvalue weighted by atomic mass is 33.1. The summed E-state index contributed by atoms with van der Waals surface area (Å²) in [6.07, 6.45) is 2.16. The van der Waals surface area contributed by atoms with E-state index in [2.05, 4.69) is 17.7 Å². The first kappa shape index (κ1) is 6.31. The van der Waals surface area contributed by atoms with E-state index < -0.39 is 0 Å². The van der Waals surface area contributed by atoms with Gasteiger partial charge in [-0.3, -0.25) is 0 Å². The lowest BCUT2D eigenvalue weighted by Gasteiger charge is -1.96. The molecule has 0 saturated heterocycles. The molecule has 0 aromatic heterocycles. The Kier molecular flexibility index (Phi) is 1.74. The van der Waals surface area contributed by atoms with Gasteiger partial charge in [-0.05, 0) is 12.8 Å². The summed E-state index contributed by atoms with van der Waals surface area (Å²) in [5.41, 5.74) is 0.0341. The standard InChI is InChI=1S/C5H7NS2/c6-3-5(1-2-5)4-8-7/h7H,1-2,4H2. The third-order valence-corrected chi connectivity index (χ3v) is 2.50. The van der Waals surface area contributed by atoms with E-state index in [1.165, 1.54) is 10.8 Å². The van der Waals surface area contributed by atoms with Gasteiger partial charge in [0, 0.05) is 5.75 Å². The molecular formula is C5H7NS2. The minimum Gasteiger partial charge on any atom is -0.198 e. The first-order valence-electron chi connectivity index (χ1n) is 2.51. The molecule has 0 radical (unpaired) electrons. The fraction of sp³-hybridized carbons (Fsp3) is 0.800. The van der Waals surface area contributed by atoms with Crippen molar-refractivity contribution in [2.24, 2.45) is 5.41 Å². The maximum Gasteiger partial charge on any atom is 0.0698 e. The van der Waals surface area contributed by atoms with Crippen molar-refractivity contribution < 1.29 is 0 Å². The molecule has 1 saturated carbocycles. The van der Waals surface area contributed by atoms with Crippen molar-refractivity contribution in [3.05, 3.63) is 0 Å². The van der Waals surface area contributed by atoms with Gasteiger partial charge in [-0.25, -0.2) is 0 Å². The highest BCUT2D eigenvalue weighted by Crippen LogP contribution is 2.47. The molecule has 8 heavy (non-hydrogen) atoms. The zero-order valence-corrected chi connectivity index (χ0v) is 6.13. The van der Waals surface area contributed by atoms with Crippen molar-refractivity contribution in [2.45, 2.75) is 12.8 Å². The topological polar surface area (TPSA) is 23.8 Å². The summed E-state index contributed by atoms with van der Waals surface area (Å²) in [5, 5.41) is 8.49. The second kappa shape index (κ2) is 2.20. The molecule has 3 heteroatoms. The Bertz CT molecular complexity index is 123. The van der Waals surface area contributed by atoms with Gasteiger partial charge in [0.05, 0.1) is 11.5 Å². The van der Waals surface area contributed by atoms with E-state index in [9.17, 15) is 0 Å². The number of rotatable bonds is 2. The molecule has 0 spiro atoms. The summed E-state index contributed by atoms with van der Waals surface area (Å²) in [4.78, 5) is 0. The minimum atomic E-state index is 0.0341. The number of nitrogens with zero attached hydrogens (tertiary/aromatic N) is 1. The molecule has 1 aliphatic carbocycles. The van der Waals surface area contributed by atoms with E-state index in [0.29, 0.717) is 0 Å². The molecule has 0 heterocycles. The quantitative estimate of drug-likeness (QED) is 0.473. The Labute approximate surface area is 58.3 Å². The predicted molar refractivity (Wildman–Crippen MR) is 38.7 cm³/mol. The van der Waals surface area contributed by atoms with Gasteiger partial charge in [0.2, 0.25) is 0 Å². The second-order valence-electron chi connectivity index (χ2n) is 2.17. The van der Waals surface area contributed by atoms with Crippen LogP contribution < -0.4 is 0 Å². The molecule has 0 N–H and O–H groups in total. The van der Waals surface area contributed by atoms with Crippen molar-refractivity contribution in [1.82, 2.24) is 0 Å². The van der Waals surface area contributed by atoms with Crippen LogP contribution in [-0.2, 0) is 0 Å². The monoisotopic (exact) mass is 145 g/mol. The Morgan fingerprint density at radius 3 is 2.50 bits per heavy atom. The number of hydrogen-bond acceptors (Lipinski definition) is 3. The normalized spacial score (nSPS) is 22.0. The van der Waals surface area contributed by atoms with Crippen LogP contribution >= 0.6 is 22.5 Å².